The first-order valence-electron chi connectivity index (χ1n) is 3.79. The predicted octanol–water partition coefficient (Wildman–Crippen LogP) is -1.41. The van der Waals surface area contributed by atoms with Crippen molar-refractivity contribution in [2.75, 3.05) is 14.1 Å². The van der Waals surface area contributed by atoms with Gasteiger partial charge in [0.25, 0.3) is 0 Å². The number of nitrogens with two attached hydrogens (primary N) is 1. The smallest absolute Gasteiger partial charge is 0.236 e. The van der Waals surface area contributed by atoms with Gasteiger partial charge in [-0.2, -0.15) is 0 Å². The Bertz CT molecular complexity index is 170. The summed E-state index contributed by atoms with van der Waals surface area (Å²) in [4.78, 5) is 21.4. The minimum Gasteiger partial charge on any atom is -0.370 e. The first kappa shape index (κ1) is 10.9. The van der Waals surface area contributed by atoms with E-state index in [0.717, 1.165) is 0 Å². The quantitative estimate of drug-likeness (QED) is 0.477. The zero-order valence-corrected chi connectivity index (χ0v) is 7.39. The summed E-state index contributed by atoms with van der Waals surface area (Å²) in [6.07, 6.45) is 0.657. The third kappa shape index (κ3) is 3.92. The average molecular weight is 173 g/mol. The summed E-state index contributed by atoms with van der Waals surface area (Å²) in [7, 11) is 3.22. The molecule has 5 nitrogen and oxygen atoms in total. The van der Waals surface area contributed by atoms with Crippen molar-refractivity contribution in [2.45, 2.75) is 18.9 Å². The van der Waals surface area contributed by atoms with E-state index in [4.69, 9.17) is 5.73 Å². The molecule has 0 saturated carbocycles. The van der Waals surface area contributed by atoms with Crippen molar-refractivity contribution >= 4 is 11.8 Å². The van der Waals surface area contributed by atoms with Crippen molar-refractivity contribution in [3.63, 3.8) is 0 Å². The molecule has 0 heterocycles. The fourth-order valence-electron chi connectivity index (χ4n) is 0.867. The van der Waals surface area contributed by atoms with Crippen LogP contribution in [0.15, 0.2) is 0 Å². The fourth-order valence-corrected chi connectivity index (χ4v) is 0.867. The van der Waals surface area contributed by atoms with Gasteiger partial charge in [0.05, 0.1) is 6.04 Å². The zero-order valence-electron chi connectivity index (χ0n) is 7.39. The van der Waals surface area contributed by atoms with Gasteiger partial charge in [-0.05, 0) is 13.5 Å². The Morgan fingerprint density at radius 2 is 2.00 bits per heavy atom. The summed E-state index contributed by atoms with van der Waals surface area (Å²) in [6, 6.07) is -0.331. The lowest BCUT2D eigenvalue weighted by Gasteiger charge is -2.12. The highest BCUT2D eigenvalue weighted by molar-refractivity contribution is 5.82. The zero-order chi connectivity index (χ0) is 9.56. The Hall–Kier alpha value is -1.10. The number of carbonyl (C=O) groups excluding carboxylic acids is 2. The second-order valence-corrected chi connectivity index (χ2v) is 2.46. The molecule has 0 rings (SSSR count). The third-order valence-electron chi connectivity index (χ3n) is 1.59. The topological polar surface area (TPSA) is 84.2 Å². The van der Waals surface area contributed by atoms with Gasteiger partial charge in [0.1, 0.15) is 0 Å². The summed E-state index contributed by atoms with van der Waals surface area (Å²) in [5, 5.41) is 5.27. The lowest BCUT2D eigenvalue weighted by molar-refractivity contribution is -0.123. The average Bonchev–Trinajstić information content (AvgIpc) is 2.04. The van der Waals surface area contributed by atoms with Gasteiger partial charge in [-0.3, -0.25) is 9.59 Å². The summed E-state index contributed by atoms with van der Waals surface area (Å²) in [5.41, 5.74) is 4.94. The van der Waals surface area contributed by atoms with Crippen molar-refractivity contribution < 1.29 is 9.59 Å². The van der Waals surface area contributed by atoms with Gasteiger partial charge in [-0.15, -0.1) is 0 Å². The first-order chi connectivity index (χ1) is 5.61. The van der Waals surface area contributed by atoms with E-state index < -0.39 is 0 Å². The number of primary amides is 1. The molecule has 0 saturated heterocycles. The van der Waals surface area contributed by atoms with E-state index in [1.165, 1.54) is 0 Å². The molecule has 0 radical (unpaired) electrons. The van der Waals surface area contributed by atoms with Gasteiger partial charge in [0, 0.05) is 13.5 Å². The summed E-state index contributed by atoms with van der Waals surface area (Å²) >= 11 is 0. The molecule has 0 aromatic rings. The van der Waals surface area contributed by atoms with Crippen molar-refractivity contribution in [1.82, 2.24) is 10.6 Å². The van der Waals surface area contributed by atoms with Crippen LogP contribution >= 0.6 is 0 Å². The molecule has 5 heteroatoms. The maximum Gasteiger partial charge on any atom is 0.236 e. The highest BCUT2D eigenvalue weighted by Crippen LogP contribution is 1.95. The van der Waals surface area contributed by atoms with Crippen LogP contribution in [0.25, 0.3) is 0 Å². The molecule has 2 amide bonds. The summed E-state index contributed by atoms with van der Waals surface area (Å²) < 4.78 is 0. The van der Waals surface area contributed by atoms with E-state index >= 15 is 0 Å². The van der Waals surface area contributed by atoms with Crippen LogP contribution < -0.4 is 16.4 Å². The third-order valence-corrected chi connectivity index (χ3v) is 1.59. The van der Waals surface area contributed by atoms with E-state index in [-0.39, 0.29) is 24.3 Å². The van der Waals surface area contributed by atoms with Crippen LogP contribution in [0.5, 0.6) is 0 Å². The molecule has 0 spiro atoms. The molecular formula is C7H15N3O2. The Kier molecular flexibility index (Phi) is 5.03. The molecule has 0 aliphatic carbocycles. The lowest BCUT2D eigenvalue weighted by atomic mass is 10.1. The van der Waals surface area contributed by atoms with Crippen molar-refractivity contribution in [3.05, 3.63) is 0 Å². The van der Waals surface area contributed by atoms with Crippen LogP contribution in [0.2, 0.25) is 0 Å². The van der Waals surface area contributed by atoms with Crippen LogP contribution in [-0.4, -0.2) is 32.0 Å². The summed E-state index contributed by atoms with van der Waals surface area (Å²) in [5.74, 6) is -0.516. The lowest BCUT2D eigenvalue weighted by Crippen LogP contribution is -2.41. The standard InChI is InChI=1S/C7H15N3O2/c1-9-5(7(12)10-2)3-4-6(8)11/h5,9H,3-4H2,1-2H3,(H2,8,11)(H,10,12)/t5-/m0/s1. The molecule has 12 heavy (non-hydrogen) atoms. The minimum absolute atomic E-state index is 0.126. The number of likely N-dealkylation sites (N-methyl/N-ethyl adjacent to an activating group) is 2. The largest absolute Gasteiger partial charge is 0.370 e. The van der Waals surface area contributed by atoms with Crippen LogP contribution in [0, 0.1) is 0 Å². The molecule has 70 valence electrons. The van der Waals surface area contributed by atoms with Gasteiger partial charge in [0.2, 0.25) is 11.8 Å². The minimum atomic E-state index is -0.390. The van der Waals surface area contributed by atoms with E-state index in [1.807, 2.05) is 0 Å². The van der Waals surface area contributed by atoms with Gasteiger partial charge in [-0.1, -0.05) is 0 Å². The monoisotopic (exact) mass is 173 g/mol. The Balaban J connectivity index is 3.83. The molecule has 0 unspecified atom stereocenters. The molecule has 0 fully saturated rings. The Labute approximate surface area is 71.7 Å². The van der Waals surface area contributed by atoms with Gasteiger partial charge in [-0.25, -0.2) is 0 Å². The van der Waals surface area contributed by atoms with E-state index in [9.17, 15) is 9.59 Å². The molecule has 0 bridgehead atoms. The number of carbonyl (C=O) groups is 2. The second-order valence-electron chi connectivity index (χ2n) is 2.46. The number of rotatable bonds is 5. The molecular weight excluding hydrogens is 158 g/mol. The van der Waals surface area contributed by atoms with Crippen LogP contribution in [0.3, 0.4) is 0 Å². The highest BCUT2D eigenvalue weighted by Gasteiger charge is 2.14. The molecule has 0 aromatic heterocycles. The Morgan fingerprint density at radius 1 is 1.42 bits per heavy atom. The fraction of sp³-hybridized carbons (Fsp3) is 0.714. The van der Waals surface area contributed by atoms with Crippen molar-refractivity contribution in [3.8, 4) is 0 Å². The van der Waals surface area contributed by atoms with Crippen LogP contribution in [0.1, 0.15) is 12.8 Å². The number of hydrogen-bond acceptors (Lipinski definition) is 3. The van der Waals surface area contributed by atoms with Crippen LogP contribution in [0.4, 0.5) is 0 Å². The first-order valence-corrected chi connectivity index (χ1v) is 3.79. The molecule has 0 aromatic carbocycles. The maximum atomic E-state index is 11.0. The van der Waals surface area contributed by atoms with Gasteiger partial charge < -0.3 is 16.4 Å². The normalized spacial score (nSPS) is 12.2. The number of hydrogen-bond donors (Lipinski definition) is 3. The van der Waals surface area contributed by atoms with E-state index in [1.54, 1.807) is 14.1 Å². The van der Waals surface area contributed by atoms with Gasteiger partial charge >= 0.3 is 0 Å². The SMILES string of the molecule is CNC(=O)[C@H](CCC(N)=O)NC. The molecule has 1 atom stereocenters. The van der Waals surface area contributed by atoms with Gasteiger partial charge in [0.15, 0.2) is 0 Å². The number of nitrogens with one attached hydrogen (secondary N) is 2. The van der Waals surface area contributed by atoms with Crippen molar-refractivity contribution in [1.29, 1.82) is 0 Å². The Morgan fingerprint density at radius 3 is 2.33 bits per heavy atom. The number of amides is 2. The van der Waals surface area contributed by atoms with E-state index in [2.05, 4.69) is 10.6 Å². The second kappa shape index (κ2) is 5.54. The summed E-state index contributed by atoms with van der Waals surface area (Å²) in [6.45, 7) is 0. The molecule has 0 aliphatic rings. The van der Waals surface area contributed by atoms with Crippen LogP contribution in [-0.2, 0) is 9.59 Å². The van der Waals surface area contributed by atoms with Crippen molar-refractivity contribution in [2.24, 2.45) is 5.73 Å². The molecule has 0 aliphatic heterocycles. The maximum absolute atomic E-state index is 11.0. The predicted molar refractivity (Wildman–Crippen MR) is 45.3 cm³/mol. The van der Waals surface area contributed by atoms with E-state index in [0.29, 0.717) is 6.42 Å². The molecule has 4 N–H and O–H groups in total. The highest BCUT2D eigenvalue weighted by atomic mass is 16.2.